The van der Waals surface area contributed by atoms with Gasteiger partial charge in [-0.05, 0) is 59.1 Å². The number of rotatable bonds is 4. The van der Waals surface area contributed by atoms with Crippen molar-refractivity contribution in [3.05, 3.63) is 46.6 Å². The number of alkyl halides is 3. The van der Waals surface area contributed by atoms with Crippen LogP contribution in [0.25, 0.3) is 0 Å². The number of nitrogens with one attached hydrogen (secondary N) is 1. The van der Waals surface area contributed by atoms with Gasteiger partial charge in [0.15, 0.2) is 0 Å². The van der Waals surface area contributed by atoms with Crippen LogP contribution in [-0.2, 0) is 0 Å². The van der Waals surface area contributed by atoms with Gasteiger partial charge in [-0.1, -0.05) is 0 Å². The molecular weight excluding hydrogens is 443 g/mol. The Hall–Kier alpha value is -2.33. The number of hydrogen-bond acceptors (Lipinski definition) is 5. The van der Waals surface area contributed by atoms with E-state index in [4.69, 9.17) is 0 Å². The fourth-order valence-corrected chi connectivity index (χ4v) is 3.48. The third-order valence-electron chi connectivity index (χ3n) is 4.13. The van der Waals surface area contributed by atoms with Crippen LogP contribution in [0.5, 0.6) is 5.75 Å². The zero-order chi connectivity index (χ0) is 20.3. The van der Waals surface area contributed by atoms with Crippen molar-refractivity contribution in [2.75, 3.05) is 23.3 Å². The second-order valence-corrected chi connectivity index (χ2v) is 7.15. The lowest BCUT2D eigenvalue weighted by Gasteiger charge is -2.31. The molecule has 0 aliphatic carbocycles. The van der Waals surface area contributed by atoms with Crippen LogP contribution in [0.2, 0.25) is 0 Å². The van der Waals surface area contributed by atoms with Crippen LogP contribution in [-0.4, -0.2) is 41.6 Å². The molecule has 1 aliphatic rings. The first-order valence-electron chi connectivity index (χ1n) is 8.47. The second-order valence-electron chi connectivity index (χ2n) is 6.30. The Morgan fingerprint density at radius 3 is 2.64 bits per heavy atom. The average molecular weight is 460 g/mol. The van der Waals surface area contributed by atoms with E-state index >= 15 is 0 Å². The molecule has 1 unspecified atom stereocenters. The molecule has 1 aromatic carbocycles. The molecule has 2 heterocycles. The summed E-state index contributed by atoms with van der Waals surface area (Å²) in [5.74, 6) is -0.185. The molecule has 0 bridgehead atoms. The molecule has 0 radical (unpaired) electrons. The normalized spacial score (nSPS) is 17.3. The first-order chi connectivity index (χ1) is 13.2. The fourth-order valence-electron chi connectivity index (χ4n) is 2.88. The minimum Gasteiger partial charge on any atom is -0.406 e. The van der Waals surface area contributed by atoms with Gasteiger partial charge >= 0.3 is 6.36 Å². The van der Waals surface area contributed by atoms with E-state index in [-0.39, 0.29) is 11.3 Å². The van der Waals surface area contributed by atoms with Crippen LogP contribution < -0.4 is 15.0 Å². The summed E-state index contributed by atoms with van der Waals surface area (Å²) in [6, 6.07) is 6.46. The number of ether oxygens (including phenoxy) is 1. The molecule has 0 spiro atoms. The molecule has 28 heavy (non-hydrogen) atoms. The fraction of sp³-hybridized carbons (Fsp3) is 0.333. The number of aliphatic hydroxyl groups is 1. The Bertz CT molecular complexity index is 846. The van der Waals surface area contributed by atoms with Gasteiger partial charge in [0.1, 0.15) is 11.6 Å². The number of β-amino-alcohol motifs (C(OH)–C–C–N with tert-alkyl or cyclic N) is 1. The van der Waals surface area contributed by atoms with Crippen LogP contribution in [0.1, 0.15) is 23.2 Å². The maximum atomic E-state index is 12.4. The first kappa shape index (κ1) is 20.4. The van der Waals surface area contributed by atoms with Gasteiger partial charge in [-0.3, -0.25) is 4.79 Å². The smallest absolute Gasteiger partial charge is 0.406 e. The first-order valence-corrected chi connectivity index (χ1v) is 9.26. The number of carbonyl (C=O) groups excluding carboxylic acids is 1. The number of aliphatic hydroxyl groups excluding tert-OH is 1. The Labute approximate surface area is 167 Å². The van der Waals surface area contributed by atoms with Crippen molar-refractivity contribution in [2.24, 2.45) is 0 Å². The summed E-state index contributed by atoms with van der Waals surface area (Å²) in [6.07, 6.45) is -2.16. The molecule has 2 N–H and O–H groups in total. The summed E-state index contributed by atoms with van der Waals surface area (Å²) in [7, 11) is 0. The Morgan fingerprint density at radius 1 is 1.32 bits per heavy atom. The molecule has 1 aromatic heterocycles. The number of benzene rings is 1. The molecule has 1 fully saturated rings. The summed E-state index contributed by atoms with van der Waals surface area (Å²) < 4.78 is 40.9. The lowest BCUT2D eigenvalue weighted by Crippen LogP contribution is -2.38. The molecular formula is C18H17BrF3N3O3. The number of piperidine rings is 1. The summed E-state index contributed by atoms with van der Waals surface area (Å²) in [4.78, 5) is 18.6. The Kier molecular flexibility index (Phi) is 6.09. The van der Waals surface area contributed by atoms with E-state index in [0.29, 0.717) is 22.5 Å². The zero-order valence-electron chi connectivity index (χ0n) is 14.5. The number of aromatic nitrogens is 1. The van der Waals surface area contributed by atoms with Gasteiger partial charge in [-0.15, -0.1) is 13.2 Å². The van der Waals surface area contributed by atoms with E-state index in [1.165, 1.54) is 18.3 Å². The highest BCUT2D eigenvalue weighted by molar-refractivity contribution is 9.10. The highest BCUT2D eigenvalue weighted by Crippen LogP contribution is 2.28. The number of anilines is 2. The van der Waals surface area contributed by atoms with E-state index in [9.17, 15) is 23.1 Å². The van der Waals surface area contributed by atoms with Crippen molar-refractivity contribution in [1.29, 1.82) is 0 Å². The monoisotopic (exact) mass is 459 g/mol. The zero-order valence-corrected chi connectivity index (χ0v) is 16.1. The maximum absolute atomic E-state index is 12.4. The molecule has 1 saturated heterocycles. The van der Waals surface area contributed by atoms with Gasteiger partial charge in [-0.25, -0.2) is 4.98 Å². The van der Waals surface area contributed by atoms with Crippen molar-refractivity contribution in [1.82, 2.24) is 4.98 Å². The average Bonchev–Trinajstić information content (AvgIpc) is 2.62. The van der Waals surface area contributed by atoms with Crippen molar-refractivity contribution in [3.63, 3.8) is 0 Å². The van der Waals surface area contributed by atoms with E-state index in [0.717, 1.165) is 31.5 Å². The van der Waals surface area contributed by atoms with Crippen LogP contribution in [0.4, 0.5) is 24.7 Å². The lowest BCUT2D eigenvalue weighted by atomic mass is 10.1. The minimum atomic E-state index is -4.77. The predicted octanol–water partition coefficient (Wildman–Crippen LogP) is 3.96. The quantitative estimate of drug-likeness (QED) is 0.723. The van der Waals surface area contributed by atoms with Crippen molar-refractivity contribution in [2.45, 2.75) is 25.3 Å². The number of hydrogen-bond donors (Lipinski definition) is 2. The third kappa shape index (κ3) is 5.35. The SMILES string of the molecule is O=C(Nc1ccc(OC(F)(F)F)cc1)c1cnc(N2CCCC(O)C2)c(Br)c1. The van der Waals surface area contributed by atoms with Crippen LogP contribution in [0, 0.1) is 0 Å². The van der Waals surface area contributed by atoms with Gasteiger partial charge in [0.2, 0.25) is 0 Å². The minimum absolute atomic E-state index is 0.281. The van der Waals surface area contributed by atoms with E-state index in [1.54, 1.807) is 6.07 Å². The molecule has 10 heteroatoms. The van der Waals surface area contributed by atoms with Crippen molar-refractivity contribution >= 4 is 33.3 Å². The number of pyridine rings is 1. The van der Waals surface area contributed by atoms with Gasteiger partial charge < -0.3 is 20.1 Å². The van der Waals surface area contributed by atoms with Gasteiger partial charge in [0.05, 0.1) is 16.1 Å². The number of halogens is 4. The molecule has 1 aliphatic heterocycles. The van der Waals surface area contributed by atoms with E-state index in [2.05, 4.69) is 31.0 Å². The molecule has 2 aromatic rings. The molecule has 150 valence electrons. The van der Waals surface area contributed by atoms with Crippen LogP contribution >= 0.6 is 15.9 Å². The van der Waals surface area contributed by atoms with Crippen molar-refractivity contribution < 1.29 is 27.8 Å². The summed E-state index contributed by atoms with van der Waals surface area (Å²) in [5.41, 5.74) is 0.600. The molecule has 1 atom stereocenters. The molecule has 0 saturated carbocycles. The largest absolute Gasteiger partial charge is 0.573 e. The second kappa shape index (κ2) is 8.36. The summed E-state index contributed by atoms with van der Waals surface area (Å²) in [5, 5.41) is 12.4. The van der Waals surface area contributed by atoms with Crippen LogP contribution in [0.3, 0.4) is 0 Å². The predicted molar refractivity (Wildman–Crippen MR) is 100 cm³/mol. The van der Waals surface area contributed by atoms with E-state index < -0.39 is 18.4 Å². The number of carbonyl (C=O) groups is 1. The molecule has 3 rings (SSSR count). The van der Waals surface area contributed by atoms with Gasteiger partial charge in [0.25, 0.3) is 5.91 Å². The van der Waals surface area contributed by atoms with E-state index in [1.807, 2.05) is 4.90 Å². The standard InChI is InChI=1S/C18H17BrF3N3O3/c19-15-8-11(9-23-16(15)25-7-1-2-13(26)10-25)17(27)24-12-3-5-14(6-4-12)28-18(20,21)22/h3-6,8-9,13,26H,1-2,7,10H2,(H,24,27). The van der Waals surface area contributed by atoms with Gasteiger partial charge in [-0.2, -0.15) is 0 Å². The highest BCUT2D eigenvalue weighted by atomic mass is 79.9. The Morgan fingerprint density at radius 2 is 2.04 bits per heavy atom. The Balaban J connectivity index is 1.66. The third-order valence-corrected chi connectivity index (χ3v) is 4.71. The maximum Gasteiger partial charge on any atom is 0.573 e. The summed E-state index contributed by atoms with van der Waals surface area (Å²) >= 11 is 3.40. The van der Waals surface area contributed by atoms with Crippen molar-refractivity contribution in [3.8, 4) is 5.75 Å². The number of nitrogens with zero attached hydrogens (tertiary/aromatic N) is 2. The molecule has 1 amide bonds. The number of amides is 1. The topological polar surface area (TPSA) is 74.7 Å². The van der Waals surface area contributed by atoms with Gasteiger partial charge in [0, 0.05) is 25.0 Å². The molecule has 6 nitrogen and oxygen atoms in total. The van der Waals surface area contributed by atoms with Crippen LogP contribution in [0.15, 0.2) is 41.0 Å². The highest BCUT2D eigenvalue weighted by Gasteiger charge is 2.31. The summed E-state index contributed by atoms with van der Waals surface area (Å²) in [6.45, 7) is 1.24. The lowest BCUT2D eigenvalue weighted by molar-refractivity contribution is -0.274.